The second-order valence-electron chi connectivity index (χ2n) is 12.3. The molecule has 0 unspecified atom stereocenters. The quantitative estimate of drug-likeness (QED) is 0.187. The van der Waals surface area contributed by atoms with Crippen LogP contribution in [0.15, 0.2) is 168 Å². The molecule has 10 aromatic rings. The Hall–Kier alpha value is -6.92. The minimum atomic E-state index is 0.523. The van der Waals surface area contributed by atoms with Crippen LogP contribution in [0.2, 0.25) is 0 Å². The molecule has 6 aromatic carbocycles. The van der Waals surface area contributed by atoms with Crippen molar-refractivity contribution in [3.63, 3.8) is 0 Å². The minimum absolute atomic E-state index is 0.523. The molecule has 50 heavy (non-hydrogen) atoms. The molecule has 4 aromatic heterocycles. The highest BCUT2D eigenvalue weighted by atomic mass is 16.3. The molecule has 234 valence electrons. The SMILES string of the molecule is c1ccc(-c2cccc(-c3ccc(-c4nc(-c5ccccc5)nc(-n5c6ccccc6c6ccc7c8ccccc8oc7c65)n4)cc3)n2)cc1. The second kappa shape index (κ2) is 11.4. The molecule has 0 radical (unpaired) electrons. The van der Waals surface area contributed by atoms with Crippen LogP contribution in [0.5, 0.6) is 0 Å². The summed E-state index contributed by atoms with van der Waals surface area (Å²) in [6, 6.07) is 55.6. The van der Waals surface area contributed by atoms with Gasteiger partial charge in [0, 0.05) is 43.8 Å². The van der Waals surface area contributed by atoms with Crippen molar-refractivity contribution in [1.82, 2.24) is 24.5 Å². The maximum absolute atomic E-state index is 6.58. The zero-order valence-corrected chi connectivity index (χ0v) is 26.7. The maximum Gasteiger partial charge on any atom is 0.238 e. The smallest absolute Gasteiger partial charge is 0.238 e. The van der Waals surface area contributed by atoms with Crippen molar-refractivity contribution in [1.29, 1.82) is 0 Å². The average molecular weight is 642 g/mol. The van der Waals surface area contributed by atoms with Crippen LogP contribution >= 0.6 is 0 Å². The molecule has 0 N–H and O–H groups in total. The lowest BCUT2D eigenvalue weighted by Crippen LogP contribution is -2.06. The largest absolute Gasteiger partial charge is 0.454 e. The van der Waals surface area contributed by atoms with Gasteiger partial charge in [-0.3, -0.25) is 4.57 Å². The Morgan fingerprint density at radius 2 is 0.940 bits per heavy atom. The van der Waals surface area contributed by atoms with Gasteiger partial charge in [-0.2, -0.15) is 9.97 Å². The van der Waals surface area contributed by atoms with Gasteiger partial charge in [0.25, 0.3) is 0 Å². The fourth-order valence-electron chi connectivity index (χ4n) is 6.90. The third-order valence-corrected chi connectivity index (χ3v) is 9.29. The zero-order chi connectivity index (χ0) is 33.0. The Morgan fingerprint density at radius 3 is 1.68 bits per heavy atom. The first-order valence-corrected chi connectivity index (χ1v) is 16.6. The molecular formula is C44H27N5O. The van der Waals surface area contributed by atoms with E-state index in [0.29, 0.717) is 17.6 Å². The van der Waals surface area contributed by atoms with E-state index in [1.165, 1.54) is 0 Å². The molecule has 0 amide bonds. The molecule has 0 aliphatic heterocycles. The Labute approximate surface area is 287 Å². The number of fused-ring (bicyclic) bond motifs is 7. The highest BCUT2D eigenvalue weighted by molar-refractivity contribution is 6.21. The van der Waals surface area contributed by atoms with Gasteiger partial charge in [-0.25, -0.2) is 9.97 Å². The first-order valence-electron chi connectivity index (χ1n) is 16.6. The lowest BCUT2D eigenvalue weighted by atomic mass is 10.1. The van der Waals surface area contributed by atoms with E-state index < -0.39 is 0 Å². The van der Waals surface area contributed by atoms with Crippen LogP contribution in [0.4, 0.5) is 0 Å². The third kappa shape index (κ3) is 4.58. The van der Waals surface area contributed by atoms with E-state index in [4.69, 9.17) is 24.4 Å². The van der Waals surface area contributed by atoms with Gasteiger partial charge >= 0.3 is 0 Å². The fourth-order valence-corrected chi connectivity index (χ4v) is 6.90. The monoisotopic (exact) mass is 641 g/mol. The first kappa shape index (κ1) is 28.1. The minimum Gasteiger partial charge on any atom is -0.454 e. The van der Waals surface area contributed by atoms with Crippen LogP contribution in [0.3, 0.4) is 0 Å². The molecule has 6 nitrogen and oxygen atoms in total. The second-order valence-corrected chi connectivity index (χ2v) is 12.3. The van der Waals surface area contributed by atoms with Gasteiger partial charge in [-0.05, 0) is 30.3 Å². The summed E-state index contributed by atoms with van der Waals surface area (Å²) in [4.78, 5) is 20.3. The number of pyridine rings is 1. The summed E-state index contributed by atoms with van der Waals surface area (Å²) in [6.45, 7) is 0. The number of nitrogens with zero attached hydrogens (tertiary/aromatic N) is 5. The molecule has 0 fully saturated rings. The molecule has 0 aliphatic carbocycles. The van der Waals surface area contributed by atoms with E-state index in [9.17, 15) is 0 Å². The Balaban J connectivity index is 1.17. The molecule has 0 bridgehead atoms. The number of hydrogen-bond acceptors (Lipinski definition) is 5. The van der Waals surface area contributed by atoms with Crippen LogP contribution < -0.4 is 0 Å². The zero-order valence-electron chi connectivity index (χ0n) is 26.7. The number of benzene rings is 6. The lowest BCUT2D eigenvalue weighted by Gasteiger charge is -2.11. The predicted molar refractivity (Wildman–Crippen MR) is 201 cm³/mol. The van der Waals surface area contributed by atoms with Gasteiger partial charge < -0.3 is 4.42 Å². The van der Waals surface area contributed by atoms with Crippen molar-refractivity contribution in [2.45, 2.75) is 0 Å². The molecule has 0 saturated heterocycles. The van der Waals surface area contributed by atoms with Crippen molar-refractivity contribution < 1.29 is 4.42 Å². The molecular weight excluding hydrogens is 615 g/mol. The number of hydrogen-bond donors (Lipinski definition) is 0. The molecule has 0 saturated carbocycles. The number of aromatic nitrogens is 5. The van der Waals surface area contributed by atoms with Gasteiger partial charge in [-0.15, -0.1) is 0 Å². The third-order valence-electron chi connectivity index (χ3n) is 9.29. The van der Waals surface area contributed by atoms with Crippen molar-refractivity contribution >= 4 is 43.7 Å². The summed E-state index contributed by atoms with van der Waals surface area (Å²) in [7, 11) is 0. The summed E-state index contributed by atoms with van der Waals surface area (Å²) in [5, 5.41) is 4.30. The molecule has 6 heteroatoms. The standard InChI is InChI=1S/C44H27N5O/c1-3-12-28(13-4-1)36-18-11-19-37(45-36)29-22-24-31(25-23-29)43-46-42(30-14-5-2-6-15-30)47-44(48-43)49-38-20-9-7-16-32(38)34-26-27-35-33-17-8-10-21-39(33)50-41(35)40(34)49/h1-27H. The highest BCUT2D eigenvalue weighted by Gasteiger charge is 2.22. The number of para-hydroxylation sites is 2. The lowest BCUT2D eigenvalue weighted by molar-refractivity contribution is 0.670. The highest BCUT2D eigenvalue weighted by Crippen LogP contribution is 2.40. The molecule has 4 heterocycles. The number of rotatable bonds is 5. The molecule has 0 atom stereocenters. The summed E-state index contributed by atoms with van der Waals surface area (Å²) < 4.78 is 8.71. The van der Waals surface area contributed by atoms with Crippen molar-refractivity contribution in [3.8, 4) is 51.2 Å². The van der Waals surface area contributed by atoms with E-state index in [-0.39, 0.29) is 0 Å². The molecule has 0 aliphatic rings. The fraction of sp³-hybridized carbons (Fsp3) is 0. The van der Waals surface area contributed by atoms with Crippen molar-refractivity contribution in [3.05, 3.63) is 164 Å². The van der Waals surface area contributed by atoms with E-state index >= 15 is 0 Å². The Morgan fingerprint density at radius 1 is 0.380 bits per heavy atom. The Bertz CT molecular complexity index is 2860. The van der Waals surface area contributed by atoms with Gasteiger partial charge in [0.05, 0.1) is 16.9 Å². The van der Waals surface area contributed by atoms with Crippen LogP contribution in [-0.4, -0.2) is 24.5 Å². The van der Waals surface area contributed by atoms with Crippen molar-refractivity contribution in [2.75, 3.05) is 0 Å². The summed E-state index contributed by atoms with van der Waals surface area (Å²) in [5.41, 5.74) is 9.29. The van der Waals surface area contributed by atoms with E-state index in [0.717, 1.165) is 77.4 Å². The topological polar surface area (TPSA) is 69.6 Å². The maximum atomic E-state index is 6.58. The van der Waals surface area contributed by atoms with Gasteiger partial charge in [0.15, 0.2) is 17.2 Å². The summed E-state index contributed by atoms with van der Waals surface area (Å²) >= 11 is 0. The van der Waals surface area contributed by atoms with E-state index in [1.54, 1.807) is 0 Å². The van der Waals surface area contributed by atoms with Crippen LogP contribution in [-0.2, 0) is 0 Å². The van der Waals surface area contributed by atoms with Gasteiger partial charge in [0.1, 0.15) is 11.1 Å². The number of furan rings is 1. The van der Waals surface area contributed by atoms with Crippen LogP contribution in [0.25, 0.3) is 95.0 Å². The van der Waals surface area contributed by atoms with Crippen LogP contribution in [0.1, 0.15) is 0 Å². The first-order chi connectivity index (χ1) is 24.8. The van der Waals surface area contributed by atoms with E-state index in [2.05, 4.69) is 77.4 Å². The van der Waals surface area contributed by atoms with Gasteiger partial charge in [-0.1, -0.05) is 133 Å². The van der Waals surface area contributed by atoms with E-state index in [1.807, 2.05) is 91.0 Å². The van der Waals surface area contributed by atoms with Crippen LogP contribution in [0, 0.1) is 0 Å². The normalized spacial score (nSPS) is 11.6. The molecule has 10 rings (SSSR count). The summed E-state index contributed by atoms with van der Waals surface area (Å²) in [5.74, 6) is 1.69. The summed E-state index contributed by atoms with van der Waals surface area (Å²) in [6.07, 6.45) is 0. The van der Waals surface area contributed by atoms with Crippen molar-refractivity contribution in [2.24, 2.45) is 0 Å². The molecule has 0 spiro atoms. The average Bonchev–Trinajstić information content (AvgIpc) is 3.75. The predicted octanol–water partition coefficient (Wildman–Crippen LogP) is 10.9. The Kier molecular flexibility index (Phi) is 6.39. The van der Waals surface area contributed by atoms with Gasteiger partial charge in [0.2, 0.25) is 5.95 Å².